The van der Waals surface area contributed by atoms with Crippen LogP contribution in [-0.2, 0) is 40.1 Å². The van der Waals surface area contributed by atoms with Gasteiger partial charge in [0, 0.05) is 40.7 Å². The number of carbonyl (C=O) groups excluding carboxylic acids is 4. The number of aliphatic hydroxyl groups excluding tert-OH is 2. The highest BCUT2D eigenvalue weighted by atomic mass is 16.3. The molecule has 0 aliphatic heterocycles. The van der Waals surface area contributed by atoms with E-state index in [2.05, 4.69) is 0 Å². The monoisotopic (exact) mass is 600 g/mol. The van der Waals surface area contributed by atoms with E-state index in [9.17, 15) is 39.6 Å². The van der Waals surface area contributed by atoms with E-state index < -0.39 is 56.8 Å². The van der Waals surface area contributed by atoms with E-state index in [1.54, 1.807) is 39.8 Å². The Morgan fingerprint density at radius 1 is 0.955 bits per heavy atom. The first kappa shape index (κ1) is 31.4. The van der Waals surface area contributed by atoms with Gasteiger partial charge in [-0.3, -0.25) is 19.2 Å². The first-order chi connectivity index (χ1) is 20.5. The number of hydrogen-bond acceptors (Lipinski definition) is 8. The van der Waals surface area contributed by atoms with Crippen molar-refractivity contribution in [3.05, 3.63) is 86.9 Å². The summed E-state index contributed by atoms with van der Waals surface area (Å²) in [7, 11) is 0. The normalized spacial score (nSPS) is 28.1. The SMILES string of the molecule is CCc1ccc(CC(=O)Cc2ccc3c(c2O)C(=O)C2=C(O)[C@@]4(O)C(=O)C(C(C)=O)=C(O)C(C(C)C)[C@@]4(C)C[C@@]2(C)C3)cc1. The van der Waals surface area contributed by atoms with Crippen molar-refractivity contribution in [2.75, 3.05) is 0 Å². The van der Waals surface area contributed by atoms with Gasteiger partial charge in [0.15, 0.2) is 17.2 Å². The molecule has 2 aromatic carbocycles. The Morgan fingerprint density at radius 2 is 1.57 bits per heavy atom. The number of benzene rings is 2. The summed E-state index contributed by atoms with van der Waals surface area (Å²) >= 11 is 0. The highest BCUT2D eigenvalue weighted by Gasteiger charge is 2.71. The smallest absolute Gasteiger partial charge is 0.209 e. The molecule has 4 atom stereocenters. The molecular weight excluding hydrogens is 560 g/mol. The number of carbonyl (C=O) groups is 4. The maximum atomic E-state index is 14.2. The molecule has 2 aromatic rings. The van der Waals surface area contributed by atoms with Crippen LogP contribution in [0.2, 0.25) is 0 Å². The fourth-order valence-electron chi connectivity index (χ4n) is 8.30. The van der Waals surface area contributed by atoms with E-state index >= 15 is 0 Å². The molecule has 0 amide bonds. The minimum atomic E-state index is -2.66. The van der Waals surface area contributed by atoms with Crippen LogP contribution in [0.1, 0.15) is 80.6 Å². The number of phenolic OH excluding ortho intramolecular Hbond substituents is 1. The summed E-state index contributed by atoms with van der Waals surface area (Å²) in [6.07, 6.45) is 1.14. The van der Waals surface area contributed by atoms with Crippen LogP contribution in [0.4, 0.5) is 0 Å². The first-order valence-electron chi connectivity index (χ1n) is 15.1. The van der Waals surface area contributed by atoms with Gasteiger partial charge in [-0.25, -0.2) is 0 Å². The minimum Gasteiger partial charge on any atom is -0.511 e. The number of aryl methyl sites for hydroxylation is 1. The van der Waals surface area contributed by atoms with E-state index in [4.69, 9.17) is 0 Å². The van der Waals surface area contributed by atoms with Gasteiger partial charge in [0.25, 0.3) is 0 Å². The molecule has 0 fully saturated rings. The molecule has 232 valence electrons. The van der Waals surface area contributed by atoms with E-state index in [-0.39, 0.29) is 59.8 Å². The van der Waals surface area contributed by atoms with Gasteiger partial charge >= 0.3 is 0 Å². The van der Waals surface area contributed by atoms with Crippen molar-refractivity contribution in [2.24, 2.45) is 22.7 Å². The van der Waals surface area contributed by atoms with Crippen LogP contribution in [0.5, 0.6) is 5.75 Å². The Bertz CT molecular complexity index is 1680. The largest absolute Gasteiger partial charge is 0.511 e. The summed E-state index contributed by atoms with van der Waals surface area (Å²) < 4.78 is 0. The second-order valence-electron chi connectivity index (χ2n) is 13.6. The summed E-state index contributed by atoms with van der Waals surface area (Å²) in [6, 6.07) is 11.1. The average molecular weight is 601 g/mol. The quantitative estimate of drug-likeness (QED) is 0.314. The van der Waals surface area contributed by atoms with Gasteiger partial charge in [0.1, 0.15) is 28.6 Å². The second kappa shape index (κ2) is 10.5. The lowest BCUT2D eigenvalue weighted by molar-refractivity contribution is -0.171. The number of hydrogen-bond donors (Lipinski definition) is 4. The molecule has 0 bridgehead atoms. The Morgan fingerprint density at radius 3 is 2.14 bits per heavy atom. The van der Waals surface area contributed by atoms with Gasteiger partial charge in [-0.15, -0.1) is 0 Å². The zero-order valence-electron chi connectivity index (χ0n) is 26.1. The number of allylic oxidation sites excluding steroid dienone is 2. The number of ketones is 4. The molecule has 8 nitrogen and oxygen atoms in total. The Balaban J connectivity index is 1.58. The molecule has 1 unspecified atom stereocenters. The first-order valence-corrected chi connectivity index (χ1v) is 15.1. The molecule has 5 rings (SSSR count). The topological polar surface area (TPSA) is 149 Å². The van der Waals surface area contributed by atoms with Gasteiger partial charge in [-0.2, -0.15) is 0 Å². The number of rotatable bonds is 7. The third-order valence-electron chi connectivity index (χ3n) is 10.2. The number of phenols is 1. The van der Waals surface area contributed by atoms with Gasteiger partial charge in [-0.05, 0) is 48.8 Å². The molecule has 44 heavy (non-hydrogen) atoms. The number of Topliss-reactive ketones (excluding diaryl/α,β-unsaturated/α-hetero) is 4. The summed E-state index contributed by atoms with van der Waals surface area (Å²) in [5.41, 5.74) is -3.31. The molecule has 0 spiro atoms. The maximum absolute atomic E-state index is 14.2. The summed E-state index contributed by atoms with van der Waals surface area (Å²) in [6.45, 7) is 10.1. The third kappa shape index (κ3) is 4.37. The van der Waals surface area contributed by atoms with Crippen LogP contribution < -0.4 is 0 Å². The van der Waals surface area contributed by atoms with Crippen LogP contribution in [0.15, 0.2) is 59.1 Å². The molecule has 0 aromatic heterocycles. The molecule has 0 saturated carbocycles. The lowest BCUT2D eigenvalue weighted by Gasteiger charge is -2.59. The molecule has 4 N–H and O–H groups in total. The Hall–Kier alpha value is -4.04. The van der Waals surface area contributed by atoms with Crippen molar-refractivity contribution in [1.29, 1.82) is 0 Å². The summed E-state index contributed by atoms with van der Waals surface area (Å²) in [5, 5.41) is 46.5. The molecule has 0 radical (unpaired) electrons. The number of aliphatic hydroxyl groups is 3. The standard InChI is InChI=1S/C36H40O8/c1-7-20-8-10-21(11-9-20)14-24(38)15-22-12-13-23-16-34(5)17-35(6)27(18(2)3)30(40)25(19(4)37)32(42)36(35,44)33(43)28(34)31(41)26(23)29(22)39/h8-13,18,27,39-40,43-44H,7,14-17H2,1-6H3/t27?,34-,35-,36+/m1/s1. The molecule has 0 heterocycles. The number of aromatic hydroxyl groups is 1. The van der Waals surface area contributed by atoms with Gasteiger partial charge in [-0.1, -0.05) is 71.0 Å². The van der Waals surface area contributed by atoms with Gasteiger partial charge < -0.3 is 20.4 Å². The lowest BCUT2D eigenvalue weighted by atomic mass is 9.44. The lowest BCUT2D eigenvalue weighted by Crippen LogP contribution is -2.67. The van der Waals surface area contributed by atoms with Crippen LogP contribution >= 0.6 is 0 Å². The zero-order chi connectivity index (χ0) is 32.5. The van der Waals surface area contributed by atoms with Crippen molar-refractivity contribution >= 4 is 23.1 Å². The van der Waals surface area contributed by atoms with Gasteiger partial charge in [0.2, 0.25) is 5.78 Å². The van der Waals surface area contributed by atoms with E-state index in [0.29, 0.717) is 5.56 Å². The minimum absolute atomic E-state index is 0.0305. The van der Waals surface area contributed by atoms with Crippen LogP contribution in [0.3, 0.4) is 0 Å². The molecular formula is C36H40O8. The van der Waals surface area contributed by atoms with E-state index in [1.165, 1.54) is 0 Å². The third-order valence-corrected chi connectivity index (χ3v) is 10.2. The fraction of sp³-hybridized carbons (Fsp3) is 0.444. The highest BCUT2D eigenvalue weighted by Crippen LogP contribution is 2.65. The molecule has 8 heteroatoms. The Labute approximate surface area is 257 Å². The predicted octanol–water partition coefficient (Wildman–Crippen LogP) is 5.26. The average Bonchev–Trinajstić information content (AvgIpc) is 2.92. The van der Waals surface area contributed by atoms with Crippen molar-refractivity contribution in [3.8, 4) is 5.75 Å². The van der Waals surface area contributed by atoms with Crippen molar-refractivity contribution in [3.63, 3.8) is 0 Å². The summed E-state index contributed by atoms with van der Waals surface area (Å²) in [4.78, 5) is 53.5. The van der Waals surface area contributed by atoms with Crippen molar-refractivity contribution in [1.82, 2.24) is 0 Å². The number of fused-ring (bicyclic) bond motifs is 3. The van der Waals surface area contributed by atoms with Crippen LogP contribution in [0.25, 0.3) is 0 Å². The molecule has 3 aliphatic rings. The van der Waals surface area contributed by atoms with E-state index in [0.717, 1.165) is 24.5 Å². The van der Waals surface area contributed by atoms with Crippen LogP contribution in [0, 0.1) is 22.7 Å². The van der Waals surface area contributed by atoms with Crippen molar-refractivity contribution in [2.45, 2.75) is 79.2 Å². The molecule has 3 aliphatic carbocycles. The highest BCUT2D eigenvalue weighted by molar-refractivity contribution is 6.25. The van der Waals surface area contributed by atoms with Crippen LogP contribution in [-0.4, -0.2) is 49.2 Å². The maximum Gasteiger partial charge on any atom is 0.209 e. The predicted molar refractivity (Wildman–Crippen MR) is 163 cm³/mol. The summed E-state index contributed by atoms with van der Waals surface area (Å²) in [5.74, 6) is -5.67. The fourth-order valence-corrected chi connectivity index (χ4v) is 8.30. The zero-order valence-corrected chi connectivity index (χ0v) is 26.1. The second-order valence-corrected chi connectivity index (χ2v) is 13.6. The van der Waals surface area contributed by atoms with Gasteiger partial charge in [0.05, 0.1) is 5.56 Å². The Kier molecular flexibility index (Phi) is 7.52. The molecule has 0 saturated heterocycles. The van der Waals surface area contributed by atoms with Crippen molar-refractivity contribution < 1.29 is 39.6 Å². The van der Waals surface area contributed by atoms with E-state index in [1.807, 2.05) is 31.2 Å².